The van der Waals surface area contributed by atoms with Crippen LogP contribution in [0.5, 0.6) is 11.5 Å². The number of fused-ring (bicyclic) bond motifs is 2. The van der Waals surface area contributed by atoms with E-state index in [4.69, 9.17) is 9.47 Å². The molecule has 67 heavy (non-hydrogen) atoms. The summed E-state index contributed by atoms with van der Waals surface area (Å²) in [6.45, 7) is 10.6. The van der Waals surface area contributed by atoms with Gasteiger partial charge in [-0.05, 0) is 143 Å². The third kappa shape index (κ3) is 11.0. The number of aryl methyl sites for hydroxylation is 2. The summed E-state index contributed by atoms with van der Waals surface area (Å²) >= 11 is 1.88. The van der Waals surface area contributed by atoms with Gasteiger partial charge in [0.1, 0.15) is 11.5 Å². The van der Waals surface area contributed by atoms with Gasteiger partial charge in [0.2, 0.25) is 0 Å². The Bertz CT molecular complexity index is 2460. The molecule has 0 N–H and O–H groups in total. The molecular formula is C63H75NO2S. The zero-order chi connectivity index (χ0) is 46.3. The van der Waals surface area contributed by atoms with E-state index in [0.29, 0.717) is 0 Å². The Morgan fingerprint density at radius 3 is 1.43 bits per heavy atom. The first-order chi connectivity index (χ1) is 33.1. The first-order valence-electron chi connectivity index (χ1n) is 26.2. The van der Waals surface area contributed by atoms with E-state index < -0.39 is 5.41 Å². The standard InChI is InChI=1S/C63H75NO2S/c1-5-9-13-17-22-48-26-30-50(31-27-48)63(51-32-28-49(29-33-51)23-18-14-10-6-2)58-25-21-24-56-60(43-42-57(61(56)58)62-59(63)44-47-67-62)64(52-34-38-54(39-35-52)65-45-19-15-11-7-3)53-36-40-55(41-37-53)66-46-20-16-12-8-4/h21,24-44,47H,5-20,22-23,45-46H2,1-4H3. The van der Waals surface area contributed by atoms with Crippen LogP contribution in [0.2, 0.25) is 0 Å². The summed E-state index contributed by atoms with van der Waals surface area (Å²) in [6.07, 6.45) is 21.9. The average molecular weight is 910 g/mol. The summed E-state index contributed by atoms with van der Waals surface area (Å²) in [7, 11) is 0. The van der Waals surface area contributed by atoms with Crippen LogP contribution in [0.15, 0.2) is 139 Å². The molecule has 1 heterocycles. The molecule has 0 amide bonds. The lowest BCUT2D eigenvalue weighted by molar-refractivity contribution is 0.305. The van der Waals surface area contributed by atoms with Gasteiger partial charge >= 0.3 is 0 Å². The van der Waals surface area contributed by atoms with Crippen LogP contribution < -0.4 is 14.4 Å². The van der Waals surface area contributed by atoms with Gasteiger partial charge in [0.25, 0.3) is 0 Å². The highest BCUT2D eigenvalue weighted by Gasteiger charge is 2.45. The third-order valence-electron chi connectivity index (χ3n) is 14.1. The lowest BCUT2D eigenvalue weighted by Crippen LogP contribution is -2.33. The highest BCUT2D eigenvalue weighted by molar-refractivity contribution is 7.14. The zero-order valence-electron chi connectivity index (χ0n) is 41.1. The summed E-state index contributed by atoms with van der Waals surface area (Å²) in [6, 6.07) is 51.2. The second-order valence-corrected chi connectivity index (χ2v) is 19.8. The summed E-state index contributed by atoms with van der Waals surface area (Å²) in [5, 5.41) is 4.89. The normalized spacial score (nSPS) is 12.6. The number of unbranched alkanes of at least 4 members (excludes halogenated alkanes) is 12. The Morgan fingerprint density at radius 1 is 0.448 bits per heavy atom. The van der Waals surface area contributed by atoms with Crippen molar-refractivity contribution in [2.75, 3.05) is 18.1 Å². The third-order valence-corrected chi connectivity index (χ3v) is 15.1. The van der Waals surface area contributed by atoms with Gasteiger partial charge in [0, 0.05) is 27.2 Å². The second kappa shape index (κ2) is 24.1. The molecule has 0 unspecified atom stereocenters. The van der Waals surface area contributed by atoms with Gasteiger partial charge in [0.15, 0.2) is 0 Å². The van der Waals surface area contributed by atoms with Crippen molar-refractivity contribution < 1.29 is 9.47 Å². The summed E-state index contributed by atoms with van der Waals surface area (Å²) in [5.41, 5.74) is 12.4. The predicted octanol–water partition coefficient (Wildman–Crippen LogP) is 18.9. The second-order valence-electron chi connectivity index (χ2n) is 18.9. The van der Waals surface area contributed by atoms with Gasteiger partial charge < -0.3 is 14.4 Å². The number of rotatable bonds is 27. The van der Waals surface area contributed by atoms with Crippen LogP contribution in [-0.4, -0.2) is 13.2 Å². The molecule has 350 valence electrons. The maximum absolute atomic E-state index is 6.27. The van der Waals surface area contributed by atoms with E-state index in [1.54, 1.807) is 0 Å². The average Bonchev–Trinajstić information content (AvgIpc) is 3.87. The van der Waals surface area contributed by atoms with Gasteiger partial charge in [-0.15, -0.1) is 11.3 Å². The van der Waals surface area contributed by atoms with E-state index in [9.17, 15) is 0 Å². The van der Waals surface area contributed by atoms with Gasteiger partial charge in [-0.1, -0.05) is 178 Å². The molecule has 1 aromatic heterocycles. The molecule has 0 spiro atoms. The van der Waals surface area contributed by atoms with Crippen molar-refractivity contribution in [2.45, 2.75) is 149 Å². The Kier molecular flexibility index (Phi) is 17.3. The molecule has 0 saturated carbocycles. The van der Waals surface area contributed by atoms with E-state index >= 15 is 0 Å². The van der Waals surface area contributed by atoms with Crippen LogP contribution in [0.4, 0.5) is 17.1 Å². The van der Waals surface area contributed by atoms with Crippen LogP contribution in [0, 0.1) is 0 Å². The fourth-order valence-electron chi connectivity index (χ4n) is 10.4. The van der Waals surface area contributed by atoms with E-state index in [-0.39, 0.29) is 0 Å². The van der Waals surface area contributed by atoms with Crippen molar-refractivity contribution in [1.29, 1.82) is 0 Å². The molecule has 0 bridgehead atoms. The number of thiophene rings is 1. The smallest absolute Gasteiger partial charge is 0.119 e. The van der Waals surface area contributed by atoms with E-state index in [1.165, 1.54) is 144 Å². The highest BCUT2D eigenvalue weighted by atomic mass is 32.1. The van der Waals surface area contributed by atoms with Crippen LogP contribution in [0.3, 0.4) is 0 Å². The SMILES string of the molecule is CCCCCCOc1ccc(N(c2ccc(OCCCCCC)cc2)c2ccc3c4c(cccc24)C(c2ccc(CCCCCC)cc2)(c2ccc(CCCCCC)cc2)c2ccsc2-3)cc1. The maximum atomic E-state index is 6.27. The molecule has 3 nitrogen and oxygen atoms in total. The molecular weight excluding hydrogens is 835 g/mol. The van der Waals surface area contributed by atoms with Gasteiger partial charge in [-0.2, -0.15) is 0 Å². The number of nitrogens with zero attached hydrogens (tertiary/aromatic N) is 1. The molecule has 0 atom stereocenters. The van der Waals surface area contributed by atoms with Crippen LogP contribution in [0.1, 0.15) is 164 Å². The fourth-order valence-corrected chi connectivity index (χ4v) is 11.4. The maximum Gasteiger partial charge on any atom is 0.119 e. The van der Waals surface area contributed by atoms with Crippen LogP contribution >= 0.6 is 11.3 Å². The number of hydrogen-bond donors (Lipinski definition) is 0. The molecule has 1 aliphatic rings. The lowest BCUT2D eigenvalue weighted by atomic mass is 9.61. The summed E-state index contributed by atoms with van der Waals surface area (Å²) < 4.78 is 12.5. The van der Waals surface area contributed by atoms with Gasteiger partial charge in [0.05, 0.1) is 24.3 Å². The Balaban J connectivity index is 1.26. The van der Waals surface area contributed by atoms with Crippen molar-refractivity contribution in [3.05, 3.63) is 172 Å². The Hall–Kier alpha value is -5.32. The summed E-state index contributed by atoms with van der Waals surface area (Å²) in [4.78, 5) is 3.79. The van der Waals surface area contributed by atoms with Crippen molar-refractivity contribution in [3.63, 3.8) is 0 Å². The van der Waals surface area contributed by atoms with Gasteiger partial charge in [-0.25, -0.2) is 0 Å². The molecule has 0 aliphatic heterocycles. The number of ether oxygens (including phenoxy) is 2. The molecule has 8 rings (SSSR count). The number of hydrogen-bond acceptors (Lipinski definition) is 4. The lowest BCUT2D eigenvalue weighted by Gasteiger charge is -2.41. The zero-order valence-corrected chi connectivity index (χ0v) is 41.9. The first-order valence-corrected chi connectivity index (χ1v) is 27.1. The van der Waals surface area contributed by atoms with Crippen LogP contribution in [-0.2, 0) is 18.3 Å². The van der Waals surface area contributed by atoms with Gasteiger partial charge in [-0.3, -0.25) is 0 Å². The fraction of sp³-hybridized carbons (Fsp3) is 0.397. The minimum Gasteiger partial charge on any atom is -0.494 e. The molecule has 0 saturated heterocycles. The number of benzene rings is 6. The molecule has 6 aromatic carbocycles. The van der Waals surface area contributed by atoms with E-state index in [2.05, 4.69) is 171 Å². The first kappa shape index (κ1) is 48.1. The Labute approximate surface area is 407 Å². The van der Waals surface area contributed by atoms with Crippen molar-refractivity contribution in [2.24, 2.45) is 0 Å². The molecule has 0 radical (unpaired) electrons. The largest absolute Gasteiger partial charge is 0.494 e. The monoisotopic (exact) mass is 910 g/mol. The van der Waals surface area contributed by atoms with Crippen molar-refractivity contribution >= 4 is 39.2 Å². The minimum absolute atomic E-state index is 0.501. The molecule has 7 aromatic rings. The van der Waals surface area contributed by atoms with E-state index in [0.717, 1.165) is 67.5 Å². The number of anilines is 3. The quantitative estimate of drug-likeness (QED) is 0.0480. The van der Waals surface area contributed by atoms with Crippen molar-refractivity contribution in [3.8, 4) is 21.9 Å². The molecule has 0 fully saturated rings. The van der Waals surface area contributed by atoms with Crippen molar-refractivity contribution in [1.82, 2.24) is 0 Å². The topological polar surface area (TPSA) is 21.7 Å². The minimum atomic E-state index is -0.501. The van der Waals surface area contributed by atoms with E-state index in [1.807, 2.05) is 11.3 Å². The van der Waals surface area contributed by atoms with Crippen LogP contribution in [0.25, 0.3) is 21.2 Å². The Morgan fingerprint density at radius 2 is 0.940 bits per heavy atom. The predicted molar refractivity (Wildman–Crippen MR) is 289 cm³/mol. The molecule has 4 heteroatoms. The molecule has 1 aliphatic carbocycles. The highest BCUT2D eigenvalue weighted by Crippen LogP contribution is 2.58. The summed E-state index contributed by atoms with van der Waals surface area (Å²) in [5.74, 6) is 1.83.